The molecule has 0 radical (unpaired) electrons. The number of carbonyl (C=O) groups excluding carboxylic acids is 1. The lowest BCUT2D eigenvalue weighted by Crippen LogP contribution is -2.33. The van der Waals surface area contributed by atoms with Crippen molar-refractivity contribution < 1.29 is 27.4 Å². The lowest BCUT2D eigenvalue weighted by atomic mass is 9.99. The second-order valence-electron chi connectivity index (χ2n) is 8.72. The van der Waals surface area contributed by atoms with Crippen molar-refractivity contribution in [1.82, 2.24) is 0 Å². The molecule has 2 aromatic carbocycles. The van der Waals surface area contributed by atoms with Crippen molar-refractivity contribution in [2.24, 2.45) is 16.7 Å². The molecule has 0 aromatic heterocycles. The highest BCUT2D eigenvalue weighted by Gasteiger charge is 2.72. The van der Waals surface area contributed by atoms with Crippen molar-refractivity contribution in [2.75, 3.05) is 18.6 Å². The number of hydrogen-bond donors (Lipinski definition) is 0. The van der Waals surface area contributed by atoms with Crippen LogP contribution in [0.2, 0.25) is 0 Å². The lowest BCUT2D eigenvalue weighted by Gasteiger charge is -2.28. The smallest absolute Gasteiger partial charge is 0.444 e. The Bertz CT molecular complexity index is 1010. The van der Waals surface area contributed by atoms with Crippen LogP contribution in [0.1, 0.15) is 32.4 Å². The average Bonchev–Trinajstić information content (AvgIpc) is 3.17. The van der Waals surface area contributed by atoms with Gasteiger partial charge in [0.15, 0.2) is 6.10 Å². The first-order valence-electron chi connectivity index (χ1n) is 10.1. The molecule has 1 saturated carbocycles. The molecule has 0 heterocycles. The SMILES string of the molecule is C#CC(OC(=O)C1C(C)(C)C1(C)COC)c1cccc(N(c2ccccc2)C(F)(F)F)c1. The van der Waals surface area contributed by atoms with Gasteiger partial charge in [0.05, 0.1) is 12.5 Å². The standard InChI is InChI=1S/C25H26F3NO3/c1-6-20(32-22(30)21-23(2,3)24(21,4)16-31-5)17-11-10-14-19(15-17)29(25(26,27)28)18-12-8-7-9-13-18/h1,7-15,20-21H,16H2,2-5H3. The molecule has 0 saturated heterocycles. The van der Waals surface area contributed by atoms with Gasteiger partial charge in [-0.2, -0.15) is 0 Å². The molecule has 0 amide bonds. The Hall–Kier alpha value is -2.98. The Morgan fingerprint density at radius 1 is 1.12 bits per heavy atom. The normalized spacial score (nSPS) is 22.5. The third kappa shape index (κ3) is 4.20. The number of ether oxygens (including phenoxy) is 2. The number of nitrogens with zero attached hydrogens (tertiary/aromatic N) is 1. The topological polar surface area (TPSA) is 38.8 Å². The Morgan fingerprint density at radius 3 is 2.31 bits per heavy atom. The van der Waals surface area contributed by atoms with Crippen LogP contribution in [0.15, 0.2) is 54.6 Å². The number of halogens is 3. The maximum Gasteiger partial charge on any atom is 0.489 e. The van der Waals surface area contributed by atoms with Crippen LogP contribution < -0.4 is 4.90 Å². The summed E-state index contributed by atoms with van der Waals surface area (Å²) in [5, 5.41) is 0. The van der Waals surface area contributed by atoms with Crippen LogP contribution in [-0.4, -0.2) is 26.0 Å². The lowest BCUT2D eigenvalue weighted by molar-refractivity contribution is -0.150. The second-order valence-corrected chi connectivity index (χ2v) is 8.72. The van der Waals surface area contributed by atoms with E-state index in [0.29, 0.717) is 6.61 Å². The van der Waals surface area contributed by atoms with E-state index >= 15 is 0 Å². The molecule has 170 valence electrons. The van der Waals surface area contributed by atoms with Gasteiger partial charge in [-0.05, 0) is 29.7 Å². The molecule has 32 heavy (non-hydrogen) atoms. The second kappa shape index (κ2) is 8.51. The molecule has 1 fully saturated rings. The number of methoxy groups -OCH3 is 1. The van der Waals surface area contributed by atoms with Gasteiger partial charge in [0.2, 0.25) is 0 Å². The van der Waals surface area contributed by atoms with Gasteiger partial charge in [0, 0.05) is 29.5 Å². The zero-order valence-electron chi connectivity index (χ0n) is 18.4. The minimum absolute atomic E-state index is 0.0403. The van der Waals surface area contributed by atoms with Crippen LogP contribution in [0.4, 0.5) is 24.5 Å². The number of alkyl halides is 3. The zero-order chi connectivity index (χ0) is 23.7. The van der Waals surface area contributed by atoms with Crippen LogP contribution in [0, 0.1) is 29.1 Å². The monoisotopic (exact) mass is 445 g/mol. The molecule has 0 spiro atoms. The van der Waals surface area contributed by atoms with E-state index in [2.05, 4.69) is 5.92 Å². The van der Waals surface area contributed by atoms with Gasteiger partial charge in [-0.15, -0.1) is 19.6 Å². The van der Waals surface area contributed by atoms with Gasteiger partial charge in [-0.1, -0.05) is 57.0 Å². The summed E-state index contributed by atoms with van der Waals surface area (Å²) in [6, 6.07) is 13.1. The molecule has 3 unspecified atom stereocenters. The quantitative estimate of drug-likeness (QED) is 0.304. The van der Waals surface area contributed by atoms with Crippen LogP contribution in [0.5, 0.6) is 0 Å². The van der Waals surface area contributed by atoms with E-state index in [1.54, 1.807) is 19.2 Å². The van der Waals surface area contributed by atoms with Crippen molar-refractivity contribution in [3.63, 3.8) is 0 Å². The van der Waals surface area contributed by atoms with Gasteiger partial charge in [-0.25, -0.2) is 0 Å². The van der Waals surface area contributed by atoms with E-state index in [-0.39, 0.29) is 27.3 Å². The Morgan fingerprint density at radius 2 is 1.75 bits per heavy atom. The summed E-state index contributed by atoms with van der Waals surface area (Å²) < 4.78 is 52.4. The van der Waals surface area contributed by atoms with Crippen molar-refractivity contribution >= 4 is 17.3 Å². The number of rotatable bonds is 7. The first-order valence-corrected chi connectivity index (χ1v) is 10.1. The molecular weight excluding hydrogens is 419 g/mol. The third-order valence-electron chi connectivity index (χ3n) is 6.51. The van der Waals surface area contributed by atoms with Crippen LogP contribution in [0.3, 0.4) is 0 Å². The number of carbonyl (C=O) groups is 1. The minimum atomic E-state index is -4.66. The fourth-order valence-corrected chi connectivity index (χ4v) is 4.42. The molecule has 3 rings (SSSR count). The molecule has 1 aliphatic carbocycles. The molecule has 2 aromatic rings. The molecule has 0 aliphatic heterocycles. The molecular formula is C25H26F3NO3. The molecule has 3 atom stereocenters. The summed E-state index contributed by atoms with van der Waals surface area (Å²) in [7, 11) is 1.57. The van der Waals surface area contributed by atoms with E-state index in [1.165, 1.54) is 42.5 Å². The summed E-state index contributed by atoms with van der Waals surface area (Å²) >= 11 is 0. The predicted molar refractivity (Wildman–Crippen MR) is 116 cm³/mol. The first kappa shape index (κ1) is 23.7. The average molecular weight is 445 g/mol. The maximum atomic E-state index is 13.9. The van der Waals surface area contributed by atoms with Gasteiger partial charge < -0.3 is 9.47 Å². The number of anilines is 2. The van der Waals surface area contributed by atoms with E-state index in [9.17, 15) is 18.0 Å². The molecule has 0 N–H and O–H groups in total. The van der Waals surface area contributed by atoms with Gasteiger partial charge in [0.1, 0.15) is 0 Å². The minimum Gasteiger partial charge on any atom is -0.444 e. The fraction of sp³-hybridized carbons (Fsp3) is 0.400. The first-order chi connectivity index (χ1) is 15.0. The number of hydrogen-bond acceptors (Lipinski definition) is 4. The third-order valence-corrected chi connectivity index (χ3v) is 6.51. The van der Waals surface area contributed by atoms with Gasteiger partial charge >= 0.3 is 12.3 Å². The summed E-state index contributed by atoms with van der Waals surface area (Å²) in [6.45, 7) is 6.22. The number of terminal acetylenes is 1. The summed E-state index contributed by atoms with van der Waals surface area (Å²) in [4.78, 5) is 13.1. The molecule has 4 nitrogen and oxygen atoms in total. The largest absolute Gasteiger partial charge is 0.489 e. The van der Waals surface area contributed by atoms with E-state index in [0.717, 1.165) is 0 Å². The van der Waals surface area contributed by atoms with Crippen molar-refractivity contribution in [1.29, 1.82) is 0 Å². The summed E-state index contributed by atoms with van der Waals surface area (Å²) in [5.74, 6) is 1.48. The Labute approximate surface area is 186 Å². The van der Waals surface area contributed by atoms with Crippen molar-refractivity contribution in [3.05, 3.63) is 60.2 Å². The summed E-state index contributed by atoms with van der Waals surface area (Å²) in [5.41, 5.74) is -0.632. The van der Waals surface area contributed by atoms with Crippen LogP contribution in [0.25, 0.3) is 0 Å². The van der Waals surface area contributed by atoms with Crippen molar-refractivity contribution in [2.45, 2.75) is 33.2 Å². The molecule has 7 heteroatoms. The predicted octanol–water partition coefficient (Wildman–Crippen LogP) is 5.87. The highest BCUT2D eigenvalue weighted by atomic mass is 19.4. The number of esters is 1. The van der Waals surface area contributed by atoms with Crippen LogP contribution in [-0.2, 0) is 14.3 Å². The number of para-hydroxylation sites is 1. The maximum absolute atomic E-state index is 13.9. The number of benzene rings is 2. The molecule has 1 aliphatic rings. The Kier molecular flexibility index (Phi) is 6.30. The van der Waals surface area contributed by atoms with Crippen LogP contribution >= 0.6 is 0 Å². The fourth-order valence-electron chi connectivity index (χ4n) is 4.42. The van der Waals surface area contributed by atoms with E-state index in [4.69, 9.17) is 15.9 Å². The highest BCUT2D eigenvalue weighted by Crippen LogP contribution is 2.69. The molecule has 0 bridgehead atoms. The zero-order valence-corrected chi connectivity index (χ0v) is 18.4. The van der Waals surface area contributed by atoms with Gasteiger partial charge in [-0.3, -0.25) is 9.69 Å². The van der Waals surface area contributed by atoms with E-state index in [1.807, 2.05) is 20.8 Å². The van der Waals surface area contributed by atoms with Crippen molar-refractivity contribution in [3.8, 4) is 12.3 Å². The highest BCUT2D eigenvalue weighted by molar-refractivity contribution is 5.79. The Balaban J connectivity index is 1.88. The van der Waals surface area contributed by atoms with E-state index < -0.39 is 29.7 Å². The summed E-state index contributed by atoms with van der Waals surface area (Å²) in [6.07, 6.45) is -0.176. The van der Waals surface area contributed by atoms with Gasteiger partial charge in [0.25, 0.3) is 0 Å².